The SMILES string of the molecule is C#C.CC(=O)N(C)CCC#Cc1cccc(-c2nc(C(N)=O)c3n2CCC3)c1. The van der Waals surface area contributed by atoms with Crippen LogP contribution in [0.1, 0.15) is 41.5 Å². The third-order valence-electron chi connectivity index (χ3n) is 4.56. The highest BCUT2D eigenvalue weighted by Gasteiger charge is 2.24. The van der Waals surface area contributed by atoms with E-state index in [9.17, 15) is 9.59 Å². The molecule has 2 amide bonds. The number of primary amides is 1. The Balaban J connectivity index is 0.00000136. The summed E-state index contributed by atoms with van der Waals surface area (Å²) in [5.74, 6) is 6.55. The van der Waals surface area contributed by atoms with Gasteiger partial charge >= 0.3 is 0 Å². The summed E-state index contributed by atoms with van der Waals surface area (Å²) < 4.78 is 2.08. The second-order valence-electron chi connectivity index (χ2n) is 6.42. The largest absolute Gasteiger partial charge is 0.364 e. The van der Waals surface area contributed by atoms with E-state index in [0.717, 1.165) is 42.0 Å². The van der Waals surface area contributed by atoms with Crippen LogP contribution in [0.2, 0.25) is 0 Å². The van der Waals surface area contributed by atoms with Crippen LogP contribution in [-0.2, 0) is 17.8 Å². The molecule has 0 aliphatic carbocycles. The average molecular weight is 376 g/mol. The molecule has 0 bridgehead atoms. The van der Waals surface area contributed by atoms with E-state index in [0.29, 0.717) is 18.7 Å². The lowest BCUT2D eigenvalue weighted by molar-refractivity contribution is -0.127. The molecule has 6 heteroatoms. The minimum atomic E-state index is -0.479. The average Bonchev–Trinajstić information content (AvgIpc) is 3.29. The number of fused-ring (bicyclic) bond motifs is 1. The first-order valence-electron chi connectivity index (χ1n) is 9.01. The van der Waals surface area contributed by atoms with Crippen molar-refractivity contribution in [2.45, 2.75) is 32.7 Å². The molecule has 1 aromatic carbocycles. The zero-order valence-electron chi connectivity index (χ0n) is 16.2. The van der Waals surface area contributed by atoms with E-state index in [1.165, 1.54) is 0 Å². The van der Waals surface area contributed by atoms with Gasteiger partial charge in [0, 0.05) is 44.6 Å². The number of carbonyl (C=O) groups excluding carboxylic acids is 2. The van der Waals surface area contributed by atoms with Crippen molar-refractivity contribution < 1.29 is 9.59 Å². The number of hydrogen-bond donors (Lipinski definition) is 1. The number of amides is 2. The number of carbonyl (C=O) groups is 2. The number of rotatable bonds is 4. The Morgan fingerprint density at radius 1 is 1.36 bits per heavy atom. The van der Waals surface area contributed by atoms with Crippen LogP contribution in [-0.4, -0.2) is 39.9 Å². The van der Waals surface area contributed by atoms with Crippen LogP contribution >= 0.6 is 0 Å². The fraction of sp³-hybridized carbons (Fsp3) is 0.318. The van der Waals surface area contributed by atoms with E-state index >= 15 is 0 Å². The molecule has 0 fully saturated rings. The van der Waals surface area contributed by atoms with Crippen LogP contribution in [0.4, 0.5) is 0 Å². The molecule has 0 atom stereocenters. The number of hydrogen-bond acceptors (Lipinski definition) is 3. The zero-order chi connectivity index (χ0) is 20.7. The summed E-state index contributed by atoms with van der Waals surface area (Å²) in [4.78, 5) is 29.0. The summed E-state index contributed by atoms with van der Waals surface area (Å²) in [5.41, 5.74) is 8.58. The second-order valence-corrected chi connectivity index (χ2v) is 6.42. The van der Waals surface area contributed by atoms with Crippen LogP contribution < -0.4 is 5.73 Å². The van der Waals surface area contributed by atoms with Crippen molar-refractivity contribution in [3.05, 3.63) is 41.2 Å². The highest BCUT2D eigenvalue weighted by Crippen LogP contribution is 2.28. The van der Waals surface area contributed by atoms with Gasteiger partial charge in [0.15, 0.2) is 0 Å². The van der Waals surface area contributed by atoms with E-state index in [2.05, 4.69) is 34.2 Å². The fourth-order valence-electron chi connectivity index (χ4n) is 3.08. The number of nitrogens with zero attached hydrogens (tertiary/aromatic N) is 3. The van der Waals surface area contributed by atoms with E-state index in [1.807, 2.05) is 24.3 Å². The summed E-state index contributed by atoms with van der Waals surface area (Å²) >= 11 is 0. The molecule has 2 aromatic rings. The van der Waals surface area contributed by atoms with Gasteiger partial charge < -0.3 is 15.2 Å². The minimum Gasteiger partial charge on any atom is -0.364 e. The summed E-state index contributed by atoms with van der Waals surface area (Å²) in [5, 5.41) is 0. The maximum atomic E-state index is 11.6. The van der Waals surface area contributed by atoms with Gasteiger partial charge in [0.25, 0.3) is 5.91 Å². The lowest BCUT2D eigenvalue weighted by Crippen LogP contribution is -2.24. The minimum absolute atomic E-state index is 0.0345. The van der Waals surface area contributed by atoms with E-state index in [-0.39, 0.29) is 5.91 Å². The summed E-state index contributed by atoms with van der Waals surface area (Å²) in [6.45, 7) is 3.00. The summed E-state index contributed by atoms with van der Waals surface area (Å²) in [6, 6.07) is 7.81. The van der Waals surface area contributed by atoms with Gasteiger partial charge in [-0.05, 0) is 25.0 Å². The van der Waals surface area contributed by atoms with Gasteiger partial charge in [-0.15, -0.1) is 12.8 Å². The van der Waals surface area contributed by atoms with Crippen LogP contribution in [0.15, 0.2) is 24.3 Å². The van der Waals surface area contributed by atoms with E-state index in [1.54, 1.807) is 18.9 Å². The van der Waals surface area contributed by atoms with Crippen LogP contribution in [0.3, 0.4) is 0 Å². The van der Waals surface area contributed by atoms with Crippen molar-refractivity contribution in [2.75, 3.05) is 13.6 Å². The Morgan fingerprint density at radius 2 is 2.11 bits per heavy atom. The first-order chi connectivity index (χ1) is 13.5. The van der Waals surface area contributed by atoms with Crippen molar-refractivity contribution in [3.8, 4) is 36.1 Å². The van der Waals surface area contributed by atoms with Crippen molar-refractivity contribution in [2.24, 2.45) is 5.73 Å². The third kappa shape index (κ3) is 4.61. The first kappa shape index (κ1) is 20.8. The molecular weight excluding hydrogens is 352 g/mol. The Bertz CT molecular complexity index is 960. The number of nitrogens with two attached hydrogens (primary N) is 1. The highest BCUT2D eigenvalue weighted by atomic mass is 16.2. The monoisotopic (exact) mass is 376 g/mol. The lowest BCUT2D eigenvalue weighted by atomic mass is 10.1. The van der Waals surface area contributed by atoms with E-state index < -0.39 is 5.91 Å². The van der Waals surface area contributed by atoms with Gasteiger partial charge in [-0.3, -0.25) is 9.59 Å². The Kier molecular flexibility index (Phi) is 7.01. The molecule has 0 unspecified atom stereocenters. The Morgan fingerprint density at radius 3 is 2.79 bits per heavy atom. The molecule has 1 aromatic heterocycles. The molecule has 28 heavy (non-hydrogen) atoms. The van der Waals surface area contributed by atoms with Gasteiger partial charge in [-0.25, -0.2) is 4.98 Å². The predicted molar refractivity (Wildman–Crippen MR) is 109 cm³/mol. The van der Waals surface area contributed by atoms with Crippen molar-refractivity contribution in [3.63, 3.8) is 0 Å². The first-order valence-corrected chi connectivity index (χ1v) is 9.01. The molecule has 6 nitrogen and oxygen atoms in total. The Hall–Kier alpha value is -3.51. The van der Waals surface area contributed by atoms with Crippen LogP contribution in [0.5, 0.6) is 0 Å². The number of benzene rings is 1. The molecule has 0 saturated carbocycles. The van der Waals surface area contributed by atoms with Crippen LogP contribution in [0.25, 0.3) is 11.4 Å². The molecular formula is C22H24N4O2. The lowest BCUT2D eigenvalue weighted by Gasteiger charge is -2.11. The highest BCUT2D eigenvalue weighted by molar-refractivity contribution is 5.93. The molecule has 0 saturated heterocycles. The summed E-state index contributed by atoms with van der Waals surface area (Å²) in [7, 11) is 1.76. The normalized spacial score (nSPS) is 11.4. The predicted octanol–water partition coefficient (Wildman–Crippen LogP) is 2.06. The number of terminal acetylenes is 1. The smallest absolute Gasteiger partial charge is 0.269 e. The van der Waals surface area contributed by atoms with Gasteiger partial charge in [0.2, 0.25) is 5.91 Å². The topological polar surface area (TPSA) is 81.2 Å². The number of imidazole rings is 1. The molecule has 0 radical (unpaired) electrons. The molecule has 144 valence electrons. The molecule has 0 spiro atoms. The molecule has 1 aliphatic heterocycles. The molecule has 2 heterocycles. The fourth-order valence-corrected chi connectivity index (χ4v) is 3.08. The van der Waals surface area contributed by atoms with E-state index in [4.69, 9.17) is 5.73 Å². The maximum Gasteiger partial charge on any atom is 0.269 e. The quantitative estimate of drug-likeness (QED) is 0.830. The Labute approximate surface area is 165 Å². The van der Waals surface area contributed by atoms with Crippen molar-refractivity contribution in [1.82, 2.24) is 14.5 Å². The third-order valence-corrected chi connectivity index (χ3v) is 4.56. The van der Waals surface area contributed by atoms with Gasteiger partial charge in [-0.2, -0.15) is 0 Å². The summed E-state index contributed by atoms with van der Waals surface area (Å²) in [6.07, 6.45) is 10.4. The van der Waals surface area contributed by atoms with Crippen LogP contribution in [0, 0.1) is 24.7 Å². The second kappa shape index (κ2) is 9.43. The van der Waals surface area contributed by atoms with Gasteiger partial charge in [0.05, 0.1) is 5.69 Å². The maximum absolute atomic E-state index is 11.6. The molecule has 1 aliphatic rings. The standard InChI is InChI=1S/C20H22N4O2.C2H2/c1-14(25)23(2)11-4-3-7-15-8-5-9-16(13-15)20-22-18(19(21)26)17-10-6-12-24(17)20;1-2/h5,8-9,13H,4,6,10-12H2,1-2H3,(H2,21,26);1-2H. The van der Waals surface area contributed by atoms with Crippen molar-refractivity contribution in [1.29, 1.82) is 0 Å². The zero-order valence-corrected chi connectivity index (χ0v) is 16.2. The van der Waals surface area contributed by atoms with Crippen molar-refractivity contribution >= 4 is 11.8 Å². The molecule has 2 N–H and O–H groups in total. The molecule has 3 rings (SSSR count). The van der Waals surface area contributed by atoms with Gasteiger partial charge in [0.1, 0.15) is 11.5 Å². The number of aromatic nitrogens is 2. The van der Waals surface area contributed by atoms with Gasteiger partial charge in [-0.1, -0.05) is 24.0 Å².